The van der Waals surface area contributed by atoms with E-state index in [1.165, 1.54) is 0 Å². The van der Waals surface area contributed by atoms with Gasteiger partial charge in [0.2, 0.25) is 0 Å². The molecule has 21 heavy (non-hydrogen) atoms. The van der Waals surface area contributed by atoms with E-state index in [1.54, 1.807) is 24.3 Å². The molecule has 0 aliphatic heterocycles. The number of nitrogens with one attached hydrogen (secondary N) is 1. The molecule has 4 heteroatoms. The Kier molecular flexibility index (Phi) is 3.41. The molecule has 0 fully saturated rings. The summed E-state index contributed by atoms with van der Waals surface area (Å²) >= 11 is 3.40. The van der Waals surface area contributed by atoms with Crippen LogP contribution < -0.4 is 5.32 Å². The van der Waals surface area contributed by atoms with Gasteiger partial charge in [-0.05, 0) is 26.0 Å². The molecule has 0 saturated carbocycles. The van der Waals surface area contributed by atoms with Gasteiger partial charge in [0.25, 0.3) is 0 Å². The quantitative estimate of drug-likeness (QED) is 0.763. The van der Waals surface area contributed by atoms with Crippen LogP contribution in [0, 0.1) is 0 Å². The lowest BCUT2D eigenvalue weighted by Crippen LogP contribution is -2.24. The van der Waals surface area contributed by atoms with Crippen molar-refractivity contribution >= 4 is 33.2 Å². The lowest BCUT2D eigenvalue weighted by Gasteiger charge is -2.22. The molecule has 0 unspecified atom stereocenters. The molecule has 0 radical (unpaired) electrons. The van der Waals surface area contributed by atoms with Crippen molar-refractivity contribution in [2.24, 2.45) is 0 Å². The highest BCUT2D eigenvalue weighted by Crippen LogP contribution is 2.36. The molecule has 0 saturated heterocycles. The van der Waals surface area contributed by atoms with Crippen LogP contribution in [0.1, 0.15) is 45.7 Å². The monoisotopic (exact) mass is 343 g/mol. The maximum absolute atomic E-state index is 12.8. The van der Waals surface area contributed by atoms with Crippen LogP contribution in [0.5, 0.6) is 0 Å². The third kappa shape index (κ3) is 2.20. The van der Waals surface area contributed by atoms with E-state index in [0.29, 0.717) is 32.4 Å². The number of hydrogen-bond donors (Lipinski definition) is 1. The number of benzene rings is 2. The molecular formula is C17H14BrNO2. The molecule has 2 aromatic carbocycles. The molecule has 0 bridgehead atoms. The number of carbonyl (C=O) groups is 2. The van der Waals surface area contributed by atoms with Crippen molar-refractivity contribution < 1.29 is 9.59 Å². The normalized spacial score (nSPS) is 13.1. The zero-order valence-corrected chi connectivity index (χ0v) is 13.3. The number of hydrogen-bond acceptors (Lipinski definition) is 3. The molecule has 3 rings (SSSR count). The highest BCUT2D eigenvalue weighted by Gasteiger charge is 2.33. The first-order chi connectivity index (χ1) is 10.0. The number of halogens is 1. The number of ketones is 2. The van der Waals surface area contributed by atoms with Crippen molar-refractivity contribution in [1.29, 1.82) is 0 Å². The van der Waals surface area contributed by atoms with Gasteiger partial charge in [-0.15, -0.1) is 0 Å². The average molecular weight is 344 g/mol. The second-order valence-corrected chi connectivity index (χ2v) is 6.20. The summed E-state index contributed by atoms with van der Waals surface area (Å²) in [6.07, 6.45) is 0. The summed E-state index contributed by atoms with van der Waals surface area (Å²) in [5, 5.41) is 3.25. The third-order valence-corrected chi connectivity index (χ3v) is 4.13. The van der Waals surface area contributed by atoms with E-state index in [1.807, 2.05) is 26.0 Å². The van der Waals surface area contributed by atoms with Gasteiger partial charge in [-0.1, -0.05) is 40.2 Å². The molecule has 1 aliphatic rings. The standard InChI is InChI=1S/C17H14BrNO2/c1-9(2)19-13-8-7-12(18)14-15(13)17(21)11-6-4-3-5-10(11)16(14)20/h3-9,19H,1-2H3. The molecule has 3 nitrogen and oxygen atoms in total. The molecule has 2 aromatic rings. The van der Waals surface area contributed by atoms with Crippen LogP contribution in [0.15, 0.2) is 40.9 Å². The number of rotatable bonds is 2. The summed E-state index contributed by atoms with van der Waals surface area (Å²) in [5.41, 5.74) is 2.56. The first-order valence-corrected chi connectivity index (χ1v) is 7.57. The van der Waals surface area contributed by atoms with E-state index in [0.717, 1.165) is 0 Å². The van der Waals surface area contributed by atoms with Crippen LogP contribution >= 0.6 is 15.9 Å². The van der Waals surface area contributed by atoms with Gasteiger partial charge >= 0.3 is 0 Å². The van der Waals surface area contributed by atoms with E-state index in [2.05, 4.69) is 21.2 Å². The van der Waals surface area contributed by atoms with Gasteiger partial charge in [0, 0.05) is 32.9 Å². The number of carbonyl (C=O) groups excluding carboxylic acids is 2. The highest BCUT2D eigenvalue weighted by atomic mass is 79.9. The van der Waals surface area contributed by atoms with Gasteiger partial charge in [0.15, 0.2) is 11.6 Å². The van der Waals surface area contributed by atoms with E-state index in [-0.39, 0.29) is 17.6 Å². The SMILES string of the molecule is CC(C)Nc1ccc(Br)c2c1C(=O)c1ccccc1C2=O. The van der Waals surface area contributed by atoms with Crippen LogP contribution in [0.4, 0.5) is 5.69 Å². The van der Waals surface area contributed by atoms with Crippen molar-refractivity contribution in [3.63, 3.8) is 0 Å². The van der Waals surface area contributed by atoms with Gasteiger partial charge in [0.05, 0.1) is 5.56 Å². The Balaban J connectivity index is 2.29. The molecule has 1 N–H and O–H groups in total. The van der Waals surface area contributed by atoms with Crippen molar-refractivity contribution in [3.8, 4) is 0 Å². The van der Waals surface area contributed by atoms with Crippen molar-refractivity contribution in [3.05, 3.63) is 63.1 Å². The van der Waals surface area contributed by atoms with E-state index in [9.17, 15) is 9.59 Å². The summed E-state index contributed by atoms with van der Waals surface area (Å²) in [5.74, 6) is -0.218. The van der Waals surface area contributed by atoms with Crippen LogP contribution in [0.2, 0.25) is 0 Å². The molecule has 0 heterocycles. The smallest absolute Gasteiger partial charge is 0.196 e. The predicted octanol–water partition coefficient (Wildman–Crippen LogP) is 4.04. The lowest BCUT2D eigenvalue weighted by atomic mass is 9.83. The Morgan fingerprint density at radius 2 is 1.48 bits per heavy atom. The summed E-state index contributed by atoms with van der Waals surface area (Å²) in [6.45, 7) is 4.00. The van der Waals surface area contributed by atoms with Gasteiger partial charge < -0.3 is 5.32 Å². The molecule has 0 atom stereocenters. The minimum atomic E-state index is -0.112. The minimum absolute atomic E-state index is 0.107. The molecule has 0 amide bonds. The summed E-state index contributed by atoms with van der Waals surface area (Å²) in [4.78, 5) is 25.5. The molecule has 106 valence electrons. The zero-order valence-electron chi connectivity index (χ0n) is 11.7. The van der Waals surface area contributed by atoms with Crippen LogP contribution in [-0.4, -0.2) is 17.6 Å². The zero-order chi connectivity index (χ0) is 15.1. The Morgan fingerprint density at radius 1 is 0.905 bits per heavy atom. The minimum Gasteiger partial charge on any atom is -0.382 e. The first kappa shape index (κ1) is 14.0. The van der Waals surface area contributed by atoms with Crippen molar-refractivity contribution in [1.82, 2.24) is 0 Å². The topological polar surface area (TPSA) is 46.2 Å². The molecule has 0 aromatic heterocycles. The Bertz CT molecular complexity index is 765. The summed E-state index contributed by atoms with van der Waals surface area (Å²) in [6, 6.07) is 10.8. The Labute approximate surface area is 131 Å². The maximum Gasteiger partial charge on any atom is 0.196 e. The maximum atomic E-state index is 12.8. The highest BCUT2D eigenvalue weighted by molar-refractivity contribution is 9.10. The average Bonchev–Trinajstić information content (AvgIpc) is 2.46. The fourth-order valence-electron chi connectivity index (χ4n) is 2.61. The summed E-state index contributed by atoms with van der Waals surface area (Å²) in [7, 11) is 0. The third-order valence-electron chi connectivity index (χ3n) is 3.47. The van der Waals surface area contributed by atoms with Crippen LogP contribution in [-0.2, 0) is 0 Å². The second kappa shape index (κ2) is 5.11. The Morgan fingerprint density at radius 3 is 2.05 bits per heavy atom. The first-order valence-electron chi connectivity index (χ1n) is 6.78. The fourth-order valence-corrected chi connectivity index (χ4v) is 3.13. The number of anilines is 1. The van der Waals surface area contributed by atoms with Gasteiger partial charge in [0.1, 0.15) is 0 Å². The van der Waals surface area contributed by atoms with Gasteiger partial charge in [-0.25, -0.2) is 0 Å². The molecule has 1 aliphatic carbocycles. The van der Waals surface area contributed by atoms with E-state index in [4.69, 9.17) is 0 Å². The number of fused-ring (bicyclic) bond motifs is 2. The van der Waals surface area contributed by atoms with Crippen LogP contribution in [0.25, 0.3) is 0 Å². The lowest BCUT2D eigenvalue weighted by molar-refractivity contribution is 0.0979. The van der Waals surface area contributed by atoms with E-state index >= 15 is 0 Å². The second-order valence-electron chi connectivity index (χ2n) is 5.35. The fraction of sp³-hybridized carbons (Fsp3) is 0.176. The van der Waals surface area contributed by atoms with E-state index < -0.39 is 0 Å². The van der Waals surface area contributed by atoms with Crippen molar-refractivity contribution in [2.45, 2.75) is 19.9 Å². The largest absolute Gasteiger partial charge is 0.382 e. The predicted molar refractivity (Wildman–Crippen MR) is 86.2 cm³/mol. The molecular weight excluding hydrogens is 330 g/mol. The van der Waals surface area contributed by atoms with Gasteiger partial charge in [-0.3, -0.25) is 9.59 Å². The molecule has 0 spiro atoms. The van der Waals surface area contributed by atoms with Crippen LogP contribution in [0.3, 0.4) is 0 Å². The van der Waals surface area contributed by atoms with Crippen molar-refractivity contribution in [2.75, 3.05) is 5.32 Å². The Hall–Kier alpha value is -1.94. The summed E-state index contributed by atoms with van der Waals surface area (Å²) < 4.78 is 0.652. The van der Waals surface area contributed by atoms with Gasteiger partial charge in [-0.2, -0.15) is 0 Å².